The third-order valence-electron chi connectivity index (χ3n) is 5.39. The Morgan fingerprint density at radius 3 is 2.16 bits per heavy atom. The van der Waals surface area contributed by atoms with Gasteiger partial charge in [0.05, 0.1) is 5.56 Å². The van der Waals surface area contributed by atoms with Crippen molar-refractivity contribution in [2.75, 3.05) is 0 Å². The van der Waals surface area contributed by atoms with Crippen LogP contribution in [0.2, 0.25) is 0 Å². The second-order valence-electron chi connectivity index (χ2n) is 7.70. The normalized spacial score (nSPS) is 11.6. The van der Waals surface area contributed by atoms with Crippen molar-refractivity contribution in [1.82, 2.24) is 0 Å². The van der Waals surface area contributed by atoms with E-state index in [2.05, 4.69) is 31.2 Å². The Labute approximate surface area is 181 Å². The van der Waals surface area contributed by atoms with E-state index in [1.165, 1.54) is 36.2 Å². The number of alkyl halides is 2. The van der Waals surface area contributed by atoms with E-state index in [9.17, 15) is 17.6 Å². The van der Waals surface area contributed by atoms with Crippen LogP contribution in [0.5, 0.6) is 0 Å². The highest BCUT2D eigenvalue weighted by Gasteiger charge is 2.20. The third kappa shape index (κ3) is 5.63. The predicted octanol–water partition coefficient (Wildman–Crippen LogP) is 8.48. The van der Waals surface area contributed by atoms with Crippen LogP contribution in [0.25, 0.3) is 17.2 Å². The summed E-state index contributed by atoms with van der Waals surface area (Å²) in [6.45, 7) is 3.59. The zero-order valence-corrected chi connectivity index (χ0v) is 17.8. The van der Waals surface area contributed by atoms with Gasteiger partial charge in [0.1, 0.15) is 11.6 Å². The lowest BCUT2D eigenvalue weighted by atomic mass is 9.97. The minimum absolute atomic E-state index is 0.0261. The smallest absolute Gasteiger partial charge is 0.206 e. The Bertz CT molecular complexity index is 1050. The number of halogens is 4. The first-order valence-electron chi connectivity index (χ1n) is 10.5. The molecule has 0 saturated heterocycles. The van der Waals surface area contributed by atoms with Gasteiger partial charge in [-0.3, -0.25) is 0 Å². The van der Waals surface area contributed by atoms with Crippen molar-refractivity contribution in [3.63, 3.8) is 0 Å². The van der Waals surface area contributed by atoms with Crippen LogP contribution in [-0.2, 0) is 12.8 Å². The van der Waals surface area contributed by atoms with Crippen molar-refractivity contribution in [3.05, 3.63) is 100 Å². The molecule has 0 aliphatic rings. The van der Waals surface area contributed by atoms with Crippen molar-refractivity contribution in [3.8, 4) is 11.1 Å². The van der Waals surface area contributed by atoms with Crippen LogP contribution in [0.15, 0.2) is 60.7 Å². The van der Waals surface area contributed by atoms with E-state index < -0.39 is 23.6 Å². The highest BCUT2D eigenvalue weighted by atomic mass is 19.3. The molecule has 0 nitrogen and oxygen atoms in total. The van der Waals surface area contributed by atoms with E-state index in [0.717, 1.165) is 25.7 Å². The molecule has 0 aromatic heterocycles. The topological polar surface area (TPSA) is 0 Å². The molecule has 0 amide bonds. The Kier molecular flexibility index (Phi) is 7.67. The van der Waals surface area contributed by atoms with Gasteiger partial charge in [-0.1, -0.05) is 74.0 Å². The molecule has 4 heteroatoms. The van der Waals surface area contributed by atoms with Gasteiger partial charge >= 0.3 is 0 Å². The molecule has 0 saturated carbocycles. The Morgan fingerprint density at radius 1 is 0.871 bits per heavy atom. The lowest BCUT2D eigenvalue weighted by molar-refractivity contribution is 0.145. The first kappa shape index (κ1) is 22.8. The highest BCUT2D eigenvalue weighted by Crippen LogP contribution is 2.33. The van der Waals surface area contributed by atoms with E-state index in [4.69, 9.17) is 0 Å². The highest BCUT2D eigenvalue weighted by molar-refractivity contribution is 5.68. The molecule has 3 aromatic rings. The molecule has 0 spiro atoms. The van der Waals surface area contributed by atoms with Crippen molar-refractivity contribution >= 4 is 6.08 Å². The van der Waals surface area contributed by atoms with Gasteiger partial charge in [0.15, 0.2) is 0 Å². The predicted molar refractivity (Wildman–Crippen MR) is 119 cm³/mol. The van der Waals surface area contributed by atoms with Gasteiger partial charge in [-0.05, 0) is 54.5 Å². The van der Waals surface area contributed by atoms with Crippen LogP contribution in [0.4, 0.5) is 17.6 Å². The average molecular weight is 426 g/mol. The summed E-state index contributed by atoms with van der Waals surface area (Å²) in [5.74, 6) is -1.51. The summed E-state index contributed by atoms with van der Waals surface area (Å²) in [6.07, 6.45) is 4.49. The van der Waals surface area contributed by atoms with Crippen molar-refractivity contribution in [1.29, 1.82) is 0 Å². The molecule has 0 bridgehead atoms. The molecule has 0 heterocycles. The van der Waals surface area contributed by atoms with E-state index in [-0.39, 0.29) is 16.7 Å². The number of rotatable bonds is 8. The molecule has 0 fully saturated rings. The van der Waals surface area contributed by atoms with E-state index >= 15 is 0 Å². The van der Waals surface area contributed by atoms with Gasteiger partial charge in [-0.2, -0.15) is 0 Å². The molecule has 3 rings (SSSR count). The van der Waals surface area contributed by atoms with Gasteiger partial charge in [0.25, 0.3) is 6.43 Å². The molecule has 3 aromatic carbocycles. The fraction of sp³-hybridized carbons (Fsp3) is 0.259. The van der Waals surface area contributed by atoms with Gasteiger partial charge in [-0.15, -0.1) is 0 Å². The van der Waals surface area contributed by atoms with Gasteiger partial charge in [0.2, 0.25) is 0 Å². The zero-order chi connectivity index (χ0) is 22.4. The third-order valence-corrected chi connectivity index (χ3v) is 5.39. The van der Waals surface area contributed by atoms with Crippen molar-refractivity contribution < 1.29 is 17.6 Å². The lowest BCUT2D eigenvalue weighted by Crippen LogP contribution is -1.98. The van der Waals surface area contributed by atoms with Crippen LogP contribution in [-0.4, -0.2) is 0 Å². The maximum atomic E-state index is 14.6. The summed E-state index contributed by atoms with van der Waals surface area (Å²) >= 11 is 0. The molecule has 31 heavy (non-hydrogen) atoms. The number of hydrogen-bond donors (Lipinski definition) is 0. The molecule has 0 unspecified atom stereocenters. The summed E-state index contributed by atoms with van der Waals surface area (Å²) in [6, 6.07) is 15.7. The van der Waals surface area contributed by atoms with Crippen LogP contribution in [0, 0.1) is 18.6 Å². The van der Waals surface area contributed by atoms with Gasteiger partial charge in [-0.25, -0.2) is 17.6 Å². The SMILES string of the molecule is CCCc1ccc(CC/C=C/c2ccc(-c3ccc(C)c(C(F)F)c3F)cc2F)cc1. The molecule has 0 N–H and O–H groups in total. The van der Waals surface area contributed by atoms with E-state index in [1.807, 2.05) is 6.08 Å². The molecule has 0 aliphatic carbocycles. The van der Waals surface area contributed by atoms with Crippen molar-refractivity contribution in [2.45, 2.75) is 46.0 Å². The average Bonchev–Trinajstić information content (AvgIpc) is 2.73. The second kappa shape index (κ2) is 10.4. The first-order valence-corrected chi connectivity index (χ1v) is 10.5. The molecule has 162 valence electrons. The Balaban J connectivity index is 1.69. The number of benzene rings is 3. The van der Waals surface area contributed by atoms with E-state index in [0.29, 0.717) is 5.56 Å². The lowest BCUT2D eigenvalue weighted by Gasteiger charge is -2.11. The van der Waals surface area contributed by atoms with Gasteiger partial charge in [0, 0.05) is 11.1 Å². The fourth-order valence-corrected chi connectivity index (χ4v) is 3.63. The quantitative estimate of drug-likeness (QED) is 0.317. The molecule has 0 aliphatic heterocycles. The summed E-state index contributed by atoms with van der Waals surface area (Å²) in [4.78, 5) is 0. The monoisotopic (exact) mass is 426 g/mol. The van der Waals surface area contributed by atoms with Crippen molar-refractivity contribution in [2.24, 2.45) is 0 Å². The maximum Gasteiger partial charge on any atom is 0.266 e. The number of hydrogen-bond acceptors (Lipinski definition) is 0. The molecule has 0 radical (unpaired) electrons. The largest absolute Gasteiger partial charge is 0.266 e. The molecular formula is C27H26F4. The Hall–Kier alpha value is -2.88. The molecular weight excluding hydrogens is 400 g/mol. The zero-order valence-electron chi connectivity index (χ0n) is 17.8. The van der Waals surface area contributed by atoms with Crippen LogP contribution in [0.3, 0.4) is 0 Å². The minimum atomic E-state index is -2.92. The van der Waals surface area contributed by atoms with Crippen LogP contribution < -0.4 is 0 Å². The Morgan fingerprint density at radius 2 is 1.55 bits per heavy atom. The van der Waals surface area contributed by atoms with Crippen LogP contribution in [0.1, 0.15) is 54.0 Å². The summed E-state index contributed by atoms with van der Waals surface area (Å²) < 4.78 is 55.4. The fourth-order valence-electron chi connectivity index (χ4n) is 3.63. The van der Waals surface area contributed by atoms with E-state index in [1.54, 1.807) is 18.2 Å². The summed E-state index contributed by atoms with van der Waals surface area (Å²) in [5, 5.41) is 0. The van der Waals surface area contributed by atoms with Gasteiger partial charge < -0.3 is 0 Å². The summed E-state index contributed by atoms with van der Waals surface area (Å²) in [7, 11) is 0. The maximum absolute atomic E-state index is 14.6. The summed E-state index contributed by atoms with van der Waals surface area (Å²) in [5.41, 5.74) is 2.69. The second-order valence-corrected chi connectivity index (χ2v) is 7.70. The molecule has 0 atom stereocenters. The standard InChI is InChI=1S/C27H26F4/c1-3-6-19-10-12-20(13-11-19)7-4-5-8-21-14-15-22(17-24(21)28)23-16-9-18(2)25(26(23)29)27(30)31/h5,8-17,27H,3-4,6-7H2,1-2H3/b8-5+. The number of allylic oxidation sites excluding steroid dienone is 1. The first-order chi connectivity index (χ1) is 14.9. The minimum Gasteiger partial charge on any atom is -0.206 e. The number of aryl methyl sites for hydroxylation is 3. The van der Waals surface area contributed by atoms with Crippen LogP contribution >= 0.6 is 0 Å².